The molecule has 0 spiro atoms. The zero-order valence-corrected chi connectivity index (χ0v) is 29.6. The Labute approximate surface area is 314 Å². The van der Waals surface area contributed by atoms with Crippen molar-refractivity contribution in [3.8, 4) is 44.7 Å². The SMILES string of the molecule is c1ccc(-c2cccc(N(c3ccc(-c4cccc5ccccc45)cc3)c3ccc(-c4cccc(-c5cc6ccccc6o5)c4)c4ccccc34)c2)cc1. The Morgan fingerprint density at radius 2 is 0.944 bits per heavy atom. The number of hydrogen-bond donors (Lipinski definition) is 0. The number of rotatable bonds is 7. The molecule has 0 bridgehead atoms. The van der Waals surface area contributed by atoms with E-state index in [2.05, 4.69) is 199 Å². The molecule has 9 aromatic carbocycles. The van der Waals surface area contributed by atoms with Gasteiger partial charge in [0.05, 0.1) is 5.69 Å². The molecule has 54 heavy (non-hydrogen) atoms. The molecule has 254 valence electrons. The van der Waals surface area contributed by atoms with Crippen LogP contribution in [0, 0.1) is 0 Å². The van der Waals surface area contributed by atoms with Gasteiger partial charge in [0.1, 0.15) is 11.3 Å². The second-order valence-electron chi connectivity index (χ2n) is 13.7. The van der Waals surface area contributed by atoms with Crippen molar-refractivity contribution in [3.05, 3.63) is 212 Å². The van der Waals surface area contributed by atoms with Crippen molar-refractivity contribution in [1.82, 2.24) is 0 Å². The van der Waals surface area contributed by atoms with Gasteiger partial charge in [-0.05, 0) is 98.1 Å². The lowest BCUT2D eigenvalue weighted by Crippen LogP contribution is -2.10. The van der Waals surface area contributed by atoms with Crippen LogP contribution in [0.15, 0.2) is 217 Å². The fourth-order valence-corrected chi connectivity index (χ4v) is 7.84. The van der Waals surface area contributed by atoms with Crippen LogP contribution < -0.4 is 4.90 Å². The Hall–Kier alpha value is -7.16. The molecule has 0 radical (unpaired) electrons. The summed E-state index contributed by atoms with van der Waals surface area (Å²) < 4.78 is 6.27. The minimum Gasteiger partial charge on any atom is -0.456 e. The first kappa shape index (κ1) is 31.6. The predicted octanol–water partition coefficient (Wildman–Crippen LogP) is 14.9. The molecule has 1 heterocycles. The van der Waals surface area contributed by atoms with E-state index in [4.69, 9.17) is 4.42 Å². The summed E-state index contributed by atoms with van der Waals surface area (Å²) in [5, 5.41) is 5.97. The van der Waals surface area contributed by atoms with E-state index in [-0.39, 0.29) is 0 Å². The quantitative estimate of drug-likeness (QED) is 0.166. The van der Waals surface area contributed by atoms with E-state index in [0.717, 1.165) is 44.9 Å². The van der Waals surface area contributed by atoms with E-state index in [9.17, 15) is 0 Å². The zero-order valence-electron chi connectivity index (χ0n) is 29.6. The van der Waals surface area contributed by atoms with Crippen LogP contribution in [0.4, 0.5) is 17.1 Å². The second-order valence-corrected chi connectivity index (χ2v) is 13.7. The van der Waals surface area contributed by atoms with E-state index in [1.807, 2.05) is 18.2 Å². The highest BCUT2D eigenvalue weighted by molar-refractivity contribution is 6.07. The van der Waals surface area contributed by atoms with E-state index in [0.29, 0.717) is 0 Å². The maximum Gasteiger partial charge on any atom is 0.135 e. The summed E-state index contributed by atoms with van der Waals surface area (Å²) in [6, 6.07) is 75.9. The third-order valence-electron chi connectivity index (χ3n) is 10.5. The van der Waals surface area contributed by atoms with Gasteiger partial charge in [-0.2, -0.15) is 0 Å². The minimum atomic E-state index is 0.871. The van der Waals surface area contributed by atoms with Crippen molar-refractivity contribution in [2.24, 2.45) is 0 Å². The molecule has 0 amide bonds. The Balaban J connectivity index is 1.12. The number of fused-ring (bicyclic) bond motifs is 3. The molecule has 0 fully saturated rings. The maximum absolute atomic E-state index is 6.27. The van der Waals surface area contributed by atoms with Crippen LogP contribution in [-0.4, -0.2) is 0 Å². The molecule has 0 aliphatic carbocycles. The second kappa shape index (κ2) is 13.4. The number of nitrogens with zero attached hydrogens (tertiary/aromatic N) is 1. The van der Waals surface area contributed by atoms with Crippen molar-refractivity contribution in [2.75, 3.05) is 4.90 Å². The standard InChI is InChI=1S/C52H35NO/c1-2-13-36(14-3-1)39-18-11-21-44(34-39)53(43-29-27-38(28-30-43)46-25-12-17-37-15-4-6-22-45(37)46)50-32-31-47(48-23-7-8-24-49(48)50)40-19-10-20-41(33-40)52-35-42-16-5-9-26-51(42)54-52/h1-35H. The van der Waals surface area contributed by atoms with Crippen molar-refractivity contribution in [1.29, 1.82) is 0 Å². The molecular formula is C52H35NO. The van der Waals surface area contributed by atoms with Gasteiger partial charge < -0.3 is 9.32 Å². The van der Waals surface area contributed by atoms with Crippen molar-refractivity contribution >= 4 is 49.6 Å². The predicted molar refractivity (Wildman–Crippen MR) is 228 cm³/mol. The summed E-state index contributed by atoms with van der Waals surface area (Å²) in [6.07, 6.45) is 0. The topological polar surface area (TPSA) is 16.4 Å². The van der Waals surface area contributed by atoms with Crippen LogP contribution in [0.1, 0.15) is 0 Å². The molecule has 10 rings (SSSR count). The molecule has 0 aliphatic heterocycles. The van der Waals surface area contributed by atoms with Crippen LogP contribution in [0.3, 0.4) is 0 Å². The lowest BCUT2D eigenvalue weighted by Gasteiger charge is -2.28. The van der Waals surface area contributed by atoms with Crippen LogP contribution in [0.5, 0.6) is 0 Å². The molecular weight excluding hydrogens is 655 g/mol. The first-order valence-electron chi connectivity index (χ1n) is 18.4. The Morgan fingerprint density at radius 1 is 0.315 bits per heavy atom. The summed E-state index contributed by atoms with van der Waals surface area (Å²) in [5.41, 5.74) is 12.4. The van der Waals surface area contributed by atoms with E-state index in [1.54, 1.807) is 0 Å². The highest BCUT2D eigenvalue weighted by atomic mass is 16.3. The molecule has 1 aromatic heterocycles. The lowest BCUT2D eigenvalue weighted by atomic mass is 9.94. The fourth-order valence-electron chi connectivity index (χ4n) is 7.84. The van der Waals surface area contributed by atoms with Crippen molar-refractivity contribution in [3.63, 3.8) is 0 Å². The molecule has 10 aromatic rings. The largest absolute Gasteiger partial charge is 0.456 e. The van der Waals surface area contributed by atoms with Crippen LogP contribution in [0.2, 0.25) is 0 Å². The Kier molecular flexibility index (Phi) is 7.85. The summed E-state index contributed by atoms with van der Waals surface area (Å²) in [5.74, 6) is 0.871. The molecule has 0 atom stereocenters. The molecule has 0 saturated heterocycles. The van der Waals surface area contributed by atoms with E-state index >= 15 is 0 Å². The van der Waals surface area contributed by atoms with Gasteiger partial charge in [-0.25, -0.2) is 0 Å². The Morgan fingerprint density at radius 3 is 1.80 bits per heavy atom. The van der Waals surface area contributed by atoms with Crippen LogP contribution in [-0.2, 0) is 0 Å². The van der Waals surface area contributed by atoms with E-state index in [1.165, 1.54) is 49.4 Å². The third-order valence-corrected chi connectivity index (χ3v) is 10.5. The monoisotopic (exact) mass is 689 g/mol. The molecule has 0 unspecified atom stereocenters. The van der Waals surface area contributed by atoms with Crippen LogP contribution in [0.25, 0.3) is 77.2 Å². The van der Waals surface area contributed by atoms with Gasteiger partial charge in [-0.15, -0.1) is 0 Å². The average molecular weight is 690 g/mol. The number of anilines is 3. The summed E-state index contributed by atoms with van der Waals surface area (Å²) in [6.45, 7) is 0. The summed E-state index contributed by atoms with van der Waals surface area (Å²) in [4.78, 5) is 2.40. The smallest absolute Gasteiger partial charge is 0.135 e. The van der Waals surface area contributed by atoms with Gasteiger partial charge in [0.15, 0.2) is 0 Å². The number of benzene rings is 9. The van der Waals surface area contributed by atoms with E-state index < -0.39 is 0 Å². The molecule has 0 aliphatic rings. The number of hydrogen-bond acceptors (Lipinski definition) is 2. The first-order chi connectivity index (χ1) is 26.8. The van der Waals surface area contributed by atoms with Crippen molar-refractivity contribution < 1.29 is 4.42 Å². The van der Waals surface area contributed by atoms with Gasteiger partial charge in [0.25, 0.3) is 0 Å². The lowest BCUT2D eigenvalue weighted by molar-refractivity contribution is 0.631. The van der Waals surface area contributed by atoms with Gasteiger partial charge >= 0.3 is 0 Å². The average Bonchev–Trinajstić information content (AvgIpc) is 3.69. The van der Waals surface area contributed by atoms with Gasteiger partial charge in [-0.3, -0.25) is 0 Å². The van der Waals surface area contributed by atoms with Gasteiger partial charge in [-0.1, -0.05) is 164 Å². The summed E-state index contributed by atoms with van der Waals surface area (Å²) in [7, 11) is 0. The number of para-hydroxylation sites is 1. The molecule has 2 heteroatoms. The fraction of sp³-hybridized carbons (Fsp3) is 0. The molecule has 0 saturated carbocycles. The molecule has 0 N–H and O–H groups in total. The Bertz CT molecular complexity index is 2900. The first-order valence-corrected chi connectivity index (χ1v) is 18.4. The number of furan rings is 1. The highest BCUT2D eigenvalue weighted by Gasteiger charge is 2.19. The van der Waals surface area contributed by atoms with Crippen molar-refractivity contribution in [2.45, 2.75) is 0 Å². The maximum atomic E-state index is 6.27. The minimum absolute atomic E-state index is 0.871. The third kappa shape index (κ3) is 5.71. The van der Waals surface area contributed by atoms with Gasteiger partial charge in [0, 0.05) is 27.7 Å². The normalized spacial score (nSPS) is 11.3. The zero-order chi connectivity index (χ0) is 35.8. The highest BCUT2D eigenvalue weighted by Crippen LogP contribution is 2.44. The van der Waals surface area contributed by atoms with Gasteiger partial charge in [0.2, 0.25) is 0 Å². The molecule has 2 nitrogen and oxygen atoms in total. The summed E-state index contributed by atoms with van der Waals surface area (Å²) >= 11 is 0. The van der Waals surface area contributed by atoms with Crippen LogP contribution >= 0.6 is 0 Å².